The first-order chi connectivity index (χ1) is 12.8. The van der Waals surface area contributed by atoms with Crippen LogP contribution in [0.4, 0.5) is 18.0 Å². The highest BCUT2D eigenvalue weighted by Gasteiger charge is 2.48. The molecule has 0 saturated heterocycles. The summed E-state index contributed by atoms with van der Waals surface area (Å²) in [6.45, 7) is 4.84. The lowest BCUT2D eigenvalue weighted by atomic mass is 9.73. The second-order valence-corrected chi connectivity index (χ2v) is 7.67. The molecule has 6 nitrogen and oxygen atoms in total. The molecule has 1 aliphatic carbocycles. The van der Waals surface area contributed by atoms with Crippen molar-refractivity contribution >= 4 is 11.9 Å². The lowest BCUT2D eigenvalue weighted by molar-refractivity contribution is -0.138. The van der Waals surface area contributed by atoms with Gasteiger partial charge in [0.2, 0.25) is 0 Å². The summed E-state index contributed by atoms with van der Waals surface area (Å²) in [7, 11) is 0. The van der Waals surface area contributed by atoms with E-state index in [4.69, 9.17) is 10.00 Å². The molecule has 1 fully saturated rings. The van der Waals surface area contributed by atoms with Crippen LogP contribution in [0.2, 0.25) is 0 Å². The van der Waals surface area contributed by atoms with Gasteiger partial charge in [-0.1, -0.05) is 6.07 Å². The van der Waals surface area contributed by atoms with Crippen molar-refractivity contribution in [2.45, 2.75) is 63.5 Å². The number of carbonyl (C=O) groups is 2. The third kappa shape index (κ3) is 4.44. The van der Waals surface area contributed by atoms with Gasteiger partial charge in [-0.3, -0.25) is 4.79 Å². The normalized spacial score (nSPS) is 23.1. The Bertz CT molecular complexity index is 824. The Balaban J connectivity index is 2.56. The fourth-order valence-electron chi connectivity index (χ4n) is 3.21. The fourth-order valence-corrected chi connectivity index (χ4v) is 3.21. The predicted molar refractivity (Wildman–Crippen MR) is 92.1 cm³/mol. The van der Waals surface area contributed by atoms with Crippen LogP contribution in [0, 0.1) is 11.3 Å². The van der Waals surface area contributed by atoms with E-state index in [9.17, 15) is 27.9 Å². The van der Waals surface area contributed by atoms with Crippen LogP contribution in [0.1, 0.15) is 56.7 Å². The number of carbonyl (C=O) groups excluding carboxylic acids is 2. The van der Waals surface area contributed by atoms with Crippen molar-refractivity contribution in [2.24, 2.45) is 0 Å². The van der Waals surface area contributed by atoms with Gasteiger partial charge in [0.05, 0.1) is 17.2 Å². The van der Waals surface area contributed by atoms with Crippen LogP contribution in [0.25, 0.3) is 0 Å². The second-order valence-electron chi connectivity index (χ2n) is 7.67. The van der Waals surface area contributed by atoms with Crippen LogP contribution in [-0.2, 0) is 21.2 Å². The number of halogens is 3. The van der Waals surface area contributed by atoms with Gasteiger partial charge in [-0.05, 0) is 57.7 Å². The van der Waals surface area contributed by atoms with Crippen LogP contribution in [0.3, 0.4) is 0 Å². The van der Waals surface area contributed by atoms with Gasteiger partial charge < -0.3 is 15.2 Å². The molecule has 28 heavy (non-hydrogen) atoms. The van der Waals surface area contributed by atoms with Crippen LogP contribution in [0.15, 0.2) is 18.2 Å². The maximum absolute atomic E-state index is 13.1. The molecule has 2 atom stereocenters. The zero-order valence-corrected chi connectivity index (χ0v) is 15.7. The summed E-state index contributed by atoms with van der Waals surface area (Å²) >= 11 is 0. The standard InChI is InChI=1S/C19H21F3N2O4/c1-17(2,3)28-16(27)24-18(8-4-5-14(25)15(18)26)12-6-7-13(19(20,21)22)11(9-12)10-23/h6-7,9,14,25H,4-5,8H2,1-3H3,(H,24,27). The van der Waals surface area contributed by atoms with E-state index in [0.717, 1.165) is 12.1 Å². The number of hydrogen-bond donors (Lipinski definition) is 2. The summed E-state index contributed by atoms with van der Waals surface area (Å²) in [5.74, 6) is -0.756. The molecule has 0 bridgehead atoms. The molecule has 0 radical (unpaired) electrons. The molecule has 1 aromatic rings. The minimum absolute atomic E-state index is 0.00772. The van der Waals surface area contributed by atoms with E-state index >= 15 is 0 Å². The Kier molecular flexibility index (Phi) is 5.76. The molecule has 0 aliphatic heterocycles. The molecule has 1 aliphatic rings. The van der Waals surface area contributed by atoms with Gasteiger partial charge in [0.15, 0.2) is 5.78 Å². The van der Waals surface area contributed by atoms with Crippen LogP contribution < -0.4 is 5.32 Å². The quantitative estimate of drug-likeness (QED) is 0.795. The molecular formula is C19H21F3N2O4. The average molecular weight is 398 g/mol. The number of nitrogens with zero attached hydrogens (tertiary/aromatic N) is 1. The first-order valence-electron chi connectivity index (χ1n) is 8.65. The molecule has 1 saturated carbocycles. The largest absolute Gasteiger partial charge is 0.444 e. The van der Waals surface area contributed by atoms with Crippen molar-refractivity contribution in [3.63, 3.8) is 0 Å². The summed E-state index contributed by atoms with van der Waals surface area (Å²) < 4.78 is 44.5. The summed E-state index contributed by atoms with van der Waals surface area (Å²) in [6, 6.07) is 4.14. The zero-order chi connectivity index (χ0) is 21.3. The third-order valence-electron chi connectivity index (χ3n) is 4.41. The lowest BCUT2D eigenvalue weighted by Gasteiger charge is -2.39. The first kappa shape index (κ1) is 21.7. The van der Waals surface area contributed by atoms with Crippen molar-refractivity contribution in [1.29, 1.82) is 5.26 Å². The highest BCUT2D eigenvalue weighted by molar-refractivity contribution is 5.96. The molecule has 0 spiro atoms. The van der Waals surface area contributed by atoms with Crippen LogP contribution in [0.5, 0.6) is 0 Å². The van der Waals surface area contributed by atoms with Crippen molar-refractivity contribution in [2.75, 3.05) is 0 Å². The maximum Gasteiger partial charge on any atom is 0.417 e. The number of amides is 1. The second kappa shape index (κ2) is 7.43. The smallest absolute Gasteiger partial charge is 0.417 e. The third-order valence-corrected chi connectivity index (χ3v) is 4.41. The van der Waals surface area contributed by atoms with E-state index in [0.29, 0.717) is 12.5 Å². The van der Waals surface area contributed by atoms with E-state index < -0.39 is 46.4 Å². The predicted octanol–water partition coefficient (Wildman–Crippen LogP) is 3.41. The topological polar surface area (TPSA) is 99.4 Å². The number of benzene rings is 1. The van der Waals surface area contributed by atoms with Gasteiger partial charge in [-0.25, -0.2) is 4.79 Å². The number of alkyl halides is 3. The van der Waals surface area contributed by atoms with Crippen LogP contribution in [-0.4, -0.2) is 28.7 Å². The van der Waals surface area contributed by atoms with Crippen molar-refractivity contribution in [1.82, 2.24) is 5.32 Å². The molecule has 0 heterocycles. The number of nitriles is 1. The molecule has 2 rings (SSSR count). The zero-order valence-electron chi connectivity index (χ0n) is 15.7. The Morgan fingerprint density at radius 1 is 1.36 bits per heavy atom. The Labute approximate surface area is 160 Å². The number of nitrogens with one attached hydrogen (secondary N) is 1. The first-order valence-corrected chi connectivity index (χ1v) is 8.65. The number of alkyl carbamates (subject to hydrolysis) is 1. The number of rotatable bonds is 2. The average Bonchev–Trinajstić information content (AvgIpc) is 2.56. The lowest BCUT2D eigenvalue weighted by Crippen LogP contribution is -2.58. The monoisotopic (exact) mass is 398 g/mol. The SMILES string of the molecule is CC(C)(C)OC(=O)NC1(c2ccc(C(F)(F)F)c(C#N)c2)CCCC(O)C1=O. The van der Waals surface area contributed by atoms with E-state index in [1.807, 2.05) is 0 Å². The number of aliphatic hydroxyl groups is 1. The van der Waals surface area contributed by atoms with Gasteiger partial charge in [0.25, 0.3) is 0 Å². The number of hydrogen-bond acceptors (Lipinski definition) is 5. The highest BCUT2D eigenvalue weighted by Crippen LogP contribution is 2.38. The van der Waals surface area contributed by atoms with Gasteiger partial charge in [0, 0.05) is 0 Å². The molecule has 1 aromatic carbocycles. The number of Topliss-reactive ketones (excluding diaryl/α,β-unsaturated/α-hetero) is 1. The van der Waals surface area contributed by atoms with E-state index in [-0.39, 0.29) is 18.4 Å². The molecule has 2 unspecified atom stereocenters. The molecule has 2 N–H and O–H groups in total. The fraction of sp³-hybridized carbons (Fsp3) is 0.526. The van der Waals surface area contributed by atoms with E-state index in [1.165, 1.54) is 6.07 Å². The molecule has 0 aromatic heterocycles. The Morgan fingerprint density at radius 3 is 2.54 bits per heavy atom. The van der Waals surface area contributed by atoms with Gasteiger partial charge in [-0.2, -0.15) is 18.4 Å². The van der Waals surface area contributed by atoms with Crippen LogP contribution >= 0.6 is 0 Å². The number of ether oxygens (including phenoxy) is 1. The van der Waals surface area contributed by atoms with Crippen molar-refractivity contribution in [3.8, 4) is 6.07 Å². The summed E-state index contributed by atoms with van der Waals surface area (Å²) in [4.78, 5) is 25.1. The van der Waals surface area contributed by atoms with Gasteiger partial charge in [-0.15, -0.1) is 0 Å². The summed E-state index contributed by atoms with van der Waals surface area (Å²) in [5, 5.41) is 21.6. The van der Waals surface area contributed by atoms with E-state index in [1.54, 1.807) is 20.8 Å². The molecule has 1 amide bonds. The van der Waals surface area contributed by atoms with Gasteiger partial charge in [0.1, 0.15) is 17.2 Å². The molecule has 152 valence electrons. The minimum Gasteiger partial charge on any atom is -0.444 e. The van der Waals surface area contributed by atoms with Crippen molar-refractivity contribution < 1.29 is 32.6 Å². The number of ketones is 1. The maximum atomic E-state index is 13.1. The number of aliphatic hydroxyl groups excluding tert-OH is 1. The Morgan fingerprint density at radius 2 is 2.00 bits per heavy atom. The van der Waals surface area contributed by atoms with Gasteiger partial charge >= 0.3 is 12.3 Å². The van der Waals surface area contributed by atoms with E-state index in [2.05, 4.69) is 5.32 Å². The summed E-state index contributed by atoms with van der Waals surface area (Å²) in [5.41, 5.74) is -4.49. The molecular weight excluding hydrogens is 377 g/mol. The highest BCUT2D eigenvalue weighted by atomic mass is 19.4. The van der Waals surface area contributed by atoms with Crippen molar-refractivity contribution in [3.05, 3.63) is 34.9 Å². The molecule has 9 heteroatoms. The minimum atomic E-state index is -4.74. The Hall–Kier alpha value is -2.60. The summed E-state index contributed by atoms with van der Waals surface area (Å²) in [6.07, 6.45) is -6.53.